The summed E-state index contributed by atoms with van der Waals surface area (Å²) in [7, 11) is 0. The summed E-state index contributed by atoms with van der Waals surface area (Å²) in [5.74, 6) is 0.850. The summed E-state index contributed by atoms with van der Waals surface area (Å²) in [6, 6.07) is 13.4. The molecule has 2 aromatic rings. The van der Waals surface area contributed by atoms with Crippen LogP contribution in [0.25, 0.3) is 0 Å². The van der Waals surface area contributed by atoms with Gasteiger partial charge >= 0.3 is 0 Å². The van der Waals surface area contributed by atoms with Crippen molar-refractivity contribution in [2.45, 2.75) is 20.8 Å². The van der Waals surface area contributed by atoms with Crippen LogP contribution in [0.3, 0.4) is 0 Å². The van der Waals surface area contributed by atoms with E-state index in [9.17, 15) is 9.59 Å². The number of anilines is 2. The lowest BCUT2D eigenvalue weighted by molar-refractivity contribution is -1.00. The van der Waals surface area contributed by atoms with Crippen LogP contribution < -0.4 is 25.2 Å². The summed E-state index contributed by atoms with van der Waals surface area (Å²) >= 11 is 0. The number of benzene rings is 2. The smallest absolute Gasteiger partial charge is 0.279 e. The Kier molecular flexibility index (Phi) is 8.03. The number of nitrogens with one attached hydrogen (secondary N) is 4. The number of carbonyl (C=O) groups excluding carboxylic acids is 2. The molecule has 0 aromatic heterocycles. The van der Waals surface area contributed by atoms with Crippen LogP contribution >= 0.6 is 0 Å². The Morgan fingerprint density at radius 2 is 1.45 bits per heavy atom. The molecule has 0 bridgehead atoms. The molecular weight excluding hydrogens is 392 g/mol. The molecule has 0 spiro atoms. The quantitative estimate of drug-likeness (QED) is 0.482. The van der Waals surface area contributed by atoms with Crippen molar-refractivity contribution in [1.82, 2.24) is 0 Å². The summed E-state index contributed by atoms with van der Waals surface area (Å²) in [4.78, 5) is 27.4. The molecule has 0 saturated carbocycles. The lowest BCUT2D eigenvalue weighted by Crippen LogP contribution is -3.28. The van der Waals surface area contributed by atoms with E-state index in [0.717, 1.165) is 48.9 Å². The van der Waals surface area contributed by atoms with Crippen LogP contribution in [0.5, 0.6) is 5.75 Å². The molecule has 1 saturated heterocycles. The third kappa shape index (κ3) is 6.80. The van der Waals surface area contributed by atoms with Crippen LogP contribution in [0.1, 0.15) is 18.1 Å². The first-order valence-corrected chi connectivity index (χ1v) is 11.0. The second-order valence-corrected chi connectivity index (χ2v) is 8.15. The van der Waals surface area contributed by atoms with Crippen molar-refractivity contribution in [1.29, 1.82) is 0 Å². The zero-order valence-electron chi connectivity index (χ0n) is 18.7. The van der Waals surface area contributed by atoms with Gasteiger partial charge in [0.05, 0.1) is 6.61 Å². The van der Waals surface area contributed by atoms with Crippen molar-refractivity contribution in [3.8, 4) is 5.75 Å². The van der Waals surface area contributed by atoms with Crippen LogP contribution in [0.2, 0.25) is 0 Å². The van der Waals surface area contributed by atoms with Crippen LogP contribution in [-0.2, 0) is 9.59 Å². The van der Waals surface area contributed by atoms with Gasteiger partial charge in [0.15, 0.2) is 13.1 Å². The normalized spacial score (nSPS) is 18.3. The number of quaternary nitrogens is 2. The minimum absolute atomic E-state index is 0.00951. The van der Waals surface area contributed by atoms with Crippen molar-refractivity contribution in [3.05, 3.63) is 53.6 Å². The van der Waals surface area contributed by atoms with Gasteiger partial charge in [-0.3, -0.25) is 9.59 Å². The number of amides is 2. The molecule has 7 heteroatoms. The predicted octanol–water partition coefficient (Wildman–Crippen LogP) is 0.0627. The second kappa shape index (κ2) is 10.9. The molecule has 0 unspecified atom stereocenters. The van der Waals surface area contributed by atoms with E-state index in [4.69, 9.17) is 4.74 Å². The number of aryl methyl sites for hydroxylation is 1. The van der Waals surface area contributed by atoms with E-state index in [0.29, 0.717) is 19.7 Å². The Labute approximate surface area is 184 Å². The van der Waals surface area contributed by atoms with Gasteiger partial charge < -0.3 is 25.2 Å². The van der Waals surface area contributed by atoms with Gasteiger partial charge in [-0.05, 0) is 62.2 Å². The maximum Gasteiger partial charge on any atom is 0.279 e. The Morgan fingerprint density at radius 3 is 2.03 bits per heavy atom. The van der Waals surface area contributed by atoms with E-state index < -0.39 is 0 Å². The fourth-order valence-electron chi connectivity index (χ4n) is 3.85. The SMILES string of the molecule is CCOc1ccc(NC(=O)C[NH+]2CC[NH+](CC(=O)Nc3cccc(C)c3C)CC2)cc1. The van der Waals surface area contributed by atoms with E-state index in [1.807, 2.05) is 63.2 Å². The molecule has 3 rings (SSSR count). The zero-order valence-corrected chi connectivity index (χ0v) is 18.7. The zero-order chi connectivity index (χ0) is 22.2. The molecule has 2 amide bonds. The maximum atomic E-state index is 12.5. The van der Waals surface area contributed by atoms with Gasteiger partial charge in [0, 0.05) is 11.4 Å². The molecule has 31 heavy (non-hydrogen) atoms. The highest BCUT2D eigenvalue weighted by Crippen LogP contribution is 2.17. The lowest BCUT2D eigenvalue weighted by Gasteiger charge is -2.29. The number of ether oxygens (including phenoxy) is 1. The fourth-order valence-corrected chi connectivity index (χ4v) is 3.85. The van der Waals surface area contributed by atoms with Gasteiger partial charge in [0.25, 0.3) is 11.8 Å². The largest absolute Gasteiger partial charge is 0.494 e. The summed E-state index contributed by atoms with van der Waals surface area (Å²) < 4.78 is 5.42. The molecule has 0 atom stereocenters. The third-order valence-electron chi connectivity index (χ3n) is 5.81. The number of hydrogen-bond donors (Lipinski definition) is 4. The van der Waals surface area contributed by atoms with Gasteiger partial charge in [0.1, 0.15) is 31.9 Å². The van der Waals surface area contributed by atoms with Gasteiger partial charge in [-0.2, -0.15) is 0 Å². The first-order valence-electron chi connectivity index (χ1n) is 11.0. The lowest BCUT2D eigenvalue weighted by atomic mass is 10.1. The molecule has 1 fully saturated rings. The Balaban J connectivity index is 1.39. The first kappa shape index (κ1) is 22.8. The van der Waals surface area contributed by atoms with Crippen molar-refractivity contribution < 1.29 is 24.1 Å². The molecule has 2 aromatic carbocycles. The summed E-state index contributed by atoms with van der Waals surface area (Å²) in [5.41, 5.74) is 3.95. The topological polar surface area (TPSA) is 76.3 Å². The minimum Gasteiger partial charge on any atom is -0.494 e. The highest BCUT2D eigenvalue weighted by molar-refractivity contribution is 5.92. The Bertz CT molecular complexity index is 890. The molecular formula is C24H34N4O3+2. The number of piperazine rings is 1. The molecule has 0 aliphatic carbocycles. The molecule has 1 aliphatic heterocycles. The van der Waals surface area contributed by atoms with E-state index in [1.54, 1.807) is 0 Å². The highest BCUT2D eigenvalue weighted by atomic mass is 16.5. The van der Waals surface area contributed by atoms with Crippen molar-refractivity contribution in [2.75, 3.05) is 56.5 Å². The van der Waals surface area contributed by atoms with E-state index in [-0.39, 0.29) is 11.8 Å². The monoisotopic (exact) mass is 426 g/mol. The molecule has 1 heterocycles. The van der Waals surface area contributed by atoms with E-state index >= 15 is 0 Å². The maximum absolute atomic E-state index is 12.5. The molecule has 1 aliphatic rings. The molecule has 0 radical (unpaired) electrons. The molecule has 166 valence electrons. The summed E-state index contributed by atoms with van der Waals surface area (Å²) in [5, 5.41) is 5.99. The number of hydrogen-bond acceptors (Lipinski definition) is 3. The van der Waals surface area contributed by atoms with Gasteiger partial charge in [0.2, 0.25) is 0 Å². The molecule has 7 nitrogen and oxygen atoms in total. The van der Waals surface area contributed by atoms with Crippen molar-refractivity contribution in [3.63, 3.8) is 0 Å². The Hall–Kier alpha value is -2.90. The Morgan fingerprint density at radius 1 is 0.871 bits per heavy atom. The summed E-state index contributed by atoms with van der Waals surface area (Å²) in [6.45, 7) is 11.0. The van der Waals surface area contributed by atoms with Gasteiger partial charge in [-0.1, -0.05) is 12.1 Å². The summed E-state index contributed by atoms with van der Waals surface area (Å²) in [6.07, 6.45) is 0. The van der Waals surface area contributed by atoms with Crippen molar-refractivity contribution >= 4 is 23.2 Å². The standard InChI is InChI=1S/C24H32N4O3/c1-4-31-21-10-8-20(9-11-21)25-23(29)16-27-12-14-28(15-13-27)17-24(30)26-22-7-5-6-18(2)19(22)3/h5-11H,4,12-17H2,1-3H3,(H,25,29)(H,26,30)/p+2. The average Bonchev–Trinajstić information content (AvgIpc) is 2.74. The third-order valence-corrected chi connectivity index (χ3v) is 5.81. The van der Waals surface area contributed by atoms with Crippen molar-refractivity contribution in [2.24, 2.45) is 0 Å². The van der Waals surface area contributed by atoms with Gasteiger partial charge in [-0.15, -0.1) is 0 Å². The predicted molar refractivity (Wildman–Crippen MR) is 122 cm³/mol. The highest BCUT2D eigenvalue weighted by Gasteiger charge is 2.26. The minimum atomic E-state index is 0.00951. The average molecular weight is 427 g/mol. The van der Waals surface area contributed by atoms with Crippen LogP contribution in [0, 0.1) is 13.8 Å². The second-order valence-electron chi connectivity index (χ2n) is 8.15. The first-order chi connectivity index (χ1) is 14.9. The number of carbonyl (C=O) groups is 2. The van der Waals surface area contributed by atoms with Crippen LogP contribution in [0.4, 0.5) is 11.4 Å². The number of rotatable bonds is 8. The van der Waals surface area contributed by atoms with Gasteiger partial charge in [-0.25, -0.2) is 0 Å². The van der Waals surface area contributed by atoms with Crippen LogP contribution in [-0.4, -0.2) is 57.7 Å². The molecule has 4 N–H and O–H groups in total. The van der Waals surface area contributed by atoms with E-state index in [1.165, 1.54) is 15.4 Å². The van der Waals surface area contributed by atoms with E-state index in [2.05, 4.69) is 10.6 Å². The fraction of sp³-hybridized carbons (Fsp3) is 0.417. The van der Waals surface area contributed by atoms with Crippen LogP contribution in [0.15, 0.2) is 42.5 Å².